The van der Waals surface area contributed by atoms with Gasteiger partial charge in [0.15, 0.2) is 0 Å². The third-order valence-electron chi connectivity index (χ3n) is 2.55. The van der Waals surface area contributed by atoms with Gasteiger partial charge in [-0.15, -0.1) is 0 Å². The summed E-state index contributed by atoms with van der Waals surface area (Å²) in [5, 5.41) is 0. The molecule has 2 heterocycles. The Labute approximate surface area is 97.6 Å². The lowest BCUT2D eigenvalue weighted by molar-refractivity contribution is -0.118. The molecule has 4 heteroatoms. The van der Waals surface area contributed by atoms with Gasteiger partial charge in [0.25, 0.3) is 0 Å². The van der Waals surface area contributed by atoms with Gasteiger partial charge in [0.1, 0.15) is 0 Å². The Bertz CT molecular complexity index is 381. The number of pyridine rings is 1. The zero-order valence-electron chi connectivity index (χ0n) is 8.61. The largest absolute Gasteiger partial charge is 0.310 e. The average molecular weight is 269 g/mol. The van der Waals surface area contributed by atoms with E-state index in [9.17, 15) is 4.79 Å². The molecule has 0 bridgehead atoms. The summed E-state index contributed by atoms with van der Waals surface area (Å²) < 4.78 is 0. The molecule has 15 heavy (non-hydrogen) atoms. The number of hydrogen-bond acceptors (Lipinski definition) is 2. The fourth-order valence-corrected chi connectivity index (χ4v) is 2.35. The van der Waals surface area contributed by atoms with Crippen LogP contribution in [0.4, 0.5) is 5.69 Å². The number of carbonyl (C=O) groups is 1. The number of aryl methyl sites for hydroxylation is 1. The maximum atomic E-state index is 11.9. The van der Waals surface area contributed by atoms with Crippen LogP contribution in [0, 0.1) is 6.92 Å². The van der Waals surface area contributed by atoms with E-state index in [0.29, 0.717) is 0 Å². The van der Waals surface area contributed by atoms with Gasteiger partial charge in [0.2, 0.25) is 5.91 Å². The quantitative estimate of drug-likeness (QED) is 0.733. The van der Waals surface area contributed by atoms with Crippen molar-refractivity contribution in [1.82, 2.24) is 4.98 Å². The minimum absolute atomic E-state index is 0.0354. The van der Waals surface area contributed by atoms with E-state index < -0.39 is 0 Å². The molecule has 1 amide bonds. The minimum Gasteiger partial charge on any atom is -0.310 e. The molecule has 0 aliphatic carbocycles. The molecular weight excluding hydrogens is 256 g/mol. The molecule has 1 aliphatic rings. The Morgan fingerprint density at radius 1 is 1.53 bits per heavy atom. The number of aromatic nitrogens is 1. The Morgan fingerprint density at radius 2 is 2.33 bits per heavy atom. The van der Waals surface area contributed by atoms with Crippen LogP contribution >= 0.6 is 15.9 Å². The first-order chi connectivity index (χ1) is 7.18. The molecule has 0 N–H and O–H groups in total. The summed E-state index contributed by atoms with van der Waals surface area (Å²) in [7, 11) is 0. The van der Waals surface area contributed by atoms with Crippen molar-refractivity contribution in [3.8, 4) is 0 Å². The van der Waals surface area contributed by atoms with Crippen molar-refractivity contribution in [3.63, 3.8) is 0 Å². The maximum absolute atomic E-state index is 11.9. The lowest BCUT2D eigenvalue weighted by atomic mass is 10.1. The first kappa shape index (κ1) is 10.6. The number of piperidine rings is 1. The van der Waals surface area contributed by atoms with Gasteiger partial charge in [-0.3, -0.25) is 9.78 Å². The van der Waals surface area contributed by atoms with Crippen molar-refractivity contribution < 1.29 is 4.79 Å². The number of amides is 1. The summed E-state index contributed by atoms with van der Waals surface area (Å²) in [6, 6.07) is 2.00. The van der Waals surface area contributed by atoms with Gasteiger partial charge in [-0.25, -0.2) is 0 Å². The van der Waals surface area contributed by atoms with Crippen LogP contribution in [0.1, 0.15) is 18.4 Å². The molecule has 1 atom stereocenters. The third-order valence-corrected chi connectivity index (χ3v) is 3.39. The molecule has 1 aliphatic heterocycles. The van der Waals surface area contributed by atoms with E-state index >= 15 is 0 Å². The molecule has 1 unspecified atom stereocenters. The first-order valence-electron chi connectivity index (χ1n) is 5.05. The number of nitrogens with zero attached hydrogens (tertiary/aromatic N) is 2. The lowest BCUT2D eigenvalue weighted by Crippen LogP contribution is -2.41. The van der Waals surface area contributed by atoms with Crippen LogP contribution in [0.3, 0.4) is 0 Å². The summed E-state index contributed by atoms with van der Waals surface area (Å²) in [5.74, 6) is 0.147. The lowest BCUT2D eigenvalue weighted by Gasteiger charge is -2.29. The van der Waals surface area contributed by atoms with Gasteiger partial charge in [-0.2, -0.15) is 0 Å². The van der Waals surface area contributed by atoms with Crippen molar-refractivity contribution in [2.75, 3.05) is 11.4 Å². The fourth-order valence-electron chi connectivity index (χ4n) is 1.77. The highest BCUT2D eigenvalue weighted by molar-refractivity contribution is 9.10. The van der Waals surface area contributed by atoms with E-state index in [2.05, 4.69) is 20.9 Å². The zero-order valence-corrected chi connectivity index (χ0v) is 10.2. The molecule has 1 fully saturated rings. The predicted molar refractivity (Wildman–Crippen MR) is 63.3 cm³/mol. The molecule has 1 aromatic heterocycles. The van der Waals surface area contributed by atoms with Crippen LogP contribution in [0.25, 0.3) is 0 Å². The van der Waals surface area contributed by atoms with Crippen molar-refractivity contribution >= 4 is 27.5 Å². The molecule has 2 rings (SSSR count). The molecular formula is C11H13BrN2O. The smallest absolute Gasteiger partial charge is 0.240 e. The average Bonchev–Trinajstić information content (AvgIpc) is 2.22. The molecule has 1 aromatic rings. The highest BCUT2D eigenvalue weighted by Crippen LogP contribution is 2.24. The minimum atomic E-state index is -0.0354. The Morgan fingerprint density at radius 3 is 3.07 bits per heavy atom. The molecule has 0 spiro atoms. The van der Waals surface area contributed by atoms with Crippen LogP contribution in [-0.2, 0) is 4.79 Å². The Balaban J connectivity index is 2.26. The number of anilines is 1. The second-order valence-corrected chi connectivity index (χ2v) is 4.93. The highest BCUT2D eigenvalue weighted by atomic mass is 79.9. The van der Waals surface area contributed by atoms with Crippen LogP contribution in [0.5, 0.6) is 0 Å². The Hall–Kier alpha value is -0.900. The summed E-state index contributed by atoms with van der Waals surface area (Å²) in [6.45, 7) is 2.78. The van der Waals surface area contributed by atoms with Gasteiger partial charge in [0.05, 0.1) is 16.7 Å². The molecule has 80 valence electrons. The van der Waals surface area contributed by atoms with Crippen molar-refractivity contribution in [2.24, 2.45) is 0 Å². The van der Waals surface area contributed by atoms with Crippen LogP contribution < -0.4 is 4.90 Å². The number of hydrogen-bond donors (Lipinski definition) is 0. The van der Waals surface area contributed by atoms with Crippen LogP contribution in [0.2, 0.25) is 0 Å². The van der Waals surface area contributed by atoms with Gasteiger partial charge in [0, 0.05) is 12.7 Å². The number of rotatable bonds is 1. The van der Waals surface area contributed by atoms with E-state index in [4.69, 9.17) is 0 Å². The van der Waals surface area contributed by atoms with E-state index in [1.165, 1.54) is 0 Å². The van der Waals surface area contributed by atoms with Gasteiger partial charge in [-0.05, 0) is 31.4 Å². The normalized spacial score (nSPS) is 21.9. The van der Waals surface area contributed by atoms with E-state index in [1.807, 2.05) is 17.9 Å². The summed E-state index contributed by atoms with van der Waals surface area (Å²) in [5.41, 5.74) is 1.99. The van der Waals surface area contributed by atoms with Gasteiger partial charge in [-0.1, -0.05) is 15.9 Å². The predicted octanol–water partition coefficient (Wildman–Crippen LogP) is 2.28. The summed E-state index contributed by atoms with van der Waals surface area (Å²) in [4.78, 5) is 17.8. The molecule has 0 saturated carbocycles. The first-order valence-corrected chi connectivity index (χ1v) is 5.97. The van der Waals surface area contributed by atoms with Crippen molar-refractivity contribution in [1.29, 1.82) is 0 Å². The Kier molecular flexibility index (Phi) is 3.05. The molecule has 0 radical (unpaired) electrons. The standard InChI is InChI=1S/C11H13BrN2O/c1-8-5-9(7-13-6-8)14-4-2-3-10(12)11(14)15/h5-7,10H,2-4H2,1H3. The van der Waals surface area contributed by atoms with Crippen molar-refractivity contribution in [3.05, 3.63) is 24.0 Å². The molecule has 3 nitrogen and oxygen atoms in total. The second kappa shape index (κ2) is 4.31. The highest BCUT2D eigenvalue weighted by Gasteiger charge is 2.27. The maximum Gasteiger partial charge on any atom is 0.240 e. The second-order valence-electron chi connectivity index (χ2n) is 3.82. The SMILES string of the molecule is Cc1cncc(N2CCCC(Br)C2=O)c1. The third kappa shape index (κ3) is 2.20. The number of carbonyl (C=O) groups excluding carboxylic acids is 1. The summed E-state index contributed by atoms with van der Waals surface area (Å²) >= 11 is 3.40. The van der Waals surface area contributed by atoms with Crippen molar-refractivity contribution in [2.45, 2.75) is 24.6 Å². The van der Waals surface area contributed by atoms with Gasteiger partial charge < -0.3 is 4.90 Å². The van der Waals surface area contributed by atoms with E-state index in [1.54, 1.807) is 12.4 Å². The topological polar surface area (TPSA) is 33.2 Å². The number of halogens is 1. The van der Waals surface area contributed by atoms with Crippen LogP contribution in [-0.4, -0.2) is 22.3 Å². The molecule has 0 aromatic carbocycles. The zero-order chi connectivity index (χ0) is 10.8. The summed E-state index contributed by atoms with van der Waals surface area (Å²) in [6.07, 6.45) is 5.50. The van der Waals surface area contributed by atoms with E-state index in [-0.39, 0.29) is 10.7 Å². The number of alkyl halides is 1. The van der Waals surface area contributed by atoms with Crippen LogP contribution in [0.15, 0.2) is 18.5 Å². The van der Waals surface area contributed by atoms with Gasteiger partial charge >= 0.3 is 0 Å². The molecule has 1 saturated heterocycles. The fraction of sp³-hybridized carbons (Fsp3) is 0.455. The van der Waals surface area contributed by atoms with E-state index in [0.717, 1.165) is 30.6 Å². The monoisotopic (exact) mass is 268 g/mol.